The first-order chi connectivity index (χ1) is 10.7. The van der Waals surface area contributed by atoms with Gasteiger partial charge in [0.1, 0.15) is 0 Å². The predicted molar refractivity (Wildman–Crippen MR) is 82.6 cm³/mol. The Kier molecular flexibility index (Phi) is 4.25. The van der Waals surface area contributed by atoms with E-state index in [0.29, 0.717) is 36.7 Å². The number of hydrogen-bond donors (Lipinski definition) is 3. The summed E-state index contributed by atoms with van der Waals surface area (Å²) in [6, 6.07) is 0. The third-order valence-electron chi connectivity index (χ3n) is 3.77. The van der Waals surface area contributed by atoms with Crippen molar-refractivity contribution in [3.63, 3.8) is 0 Å². The average Bonchev–Trinajstić information content (AvgIpc) is 2.97. The number of nitrogens with one attached hydrogen (secondary N) is 3. The second-order valence-corrected chi connectivity index (χ2v) is 5.25. The third-order valence-corrected chi connectivity index (χ3v) is 3.77. The summed E-state index contributed by atoms with van der Waals surface area (Å²) >= 11 is 0. The molecule has 120 valence electrons. The molecule has 2 aromatic heterocycles. The molecule has 1 aliphatic rings. The van der Waals surface area contributed by atoms with E-state index in [4.69, 9.17) is 4.74 Å². The van der Waals surface area contributed by atoms with Gasteiger partial charge in [-0.25, -0.2) is 4.79 Å². The fourth-order valence-electron chi connectivity index (χ4n) is 2.63. The van der Waals surface area contributed by atoms with E-state index in [1.54, 1.807) is 7.11 Å². The first-order valence-corrected chi connectivity index (χ1v) is 7.38. The van der Waals surface area contributed by atoms with E-state index in [-0.39, 0.29) is 0 Å². The van der Waals surface area contributed by atoms with E-state index in [1.165, 1.54) is 4.57 Å². The summed E-state index contributed by atoms with van der Waals surface area (Å²) in [5, 5.41) is 3.26. The Hall–Kier alpha value is -2.13. The molecular weight excluding hydrogens is 288 g/mol. The Morgan fingerprint density at radius 1 is 1.23 bits per heavy atom. The monoisotopic (exact) mass is 308 g/mol. The minimum Gasteiger partial charge on any atom is -0.385 e. The lowest BCUT2D eigenvalue weighted by Gasteiger charge is -2.26. The van der Waals surface area contributed by atoms with E-state index in [0.717, 1.165) is 26.2 Å². The lowest BCUT2D eigenvalue weighted by atomic mass is 10.4. The second-order valence-electron chi connectivity index (χ2n) is 5.25. The molecule has 0 atom stereocenters. The molecule has 0 unspecified atom stereocenters. The molecule has 1 aliphatic heterocycles. The smallest absolute Gasteiger partial charge is 0.330 e. The minimum atomic E-state index is -0.438. The summed E-state index contributed by atoms with van der Waals surface area (Å²) in [7, 11) is 1.61. The number of piperazine rings is 1. The number of imidazole rings is 1. The van der Waals surface area contributed by atoms with Crippen molar-refractivity contribution >= 4 is 17.1 Å². The van der Waals surface area contributed by atoms with Crippen LogP contribution in [0.2, 0.25) is 0 Å². The SMILES string of the molecule is COCCCn1c(=O)[nH]c(=O)c2[nH]c(N3CCNCC3)nc21. The van der Waals surface area contributed by atoms with E-state index in [1.807, 2.05) is 0 Å². The Labute approximate surface area is 126 Å². The molecule has 0 saturated carbocycles. The van der Waals surface area contributed by atoms with E-state index in [2.05, 4.69) is 25.2 Å². The van der Waals surface area contributed by atoms with Crippen molar-refractivity contribution in [3.8, 4) is 0 Å². The third kappa shape index (κ3) is 2.77. The van der Waals surface area contributed by atoms with Gasteiger partial charge >= 0.3 is 5.69 Å². The van der Waals surface area contributed by atoms with Crippen molar-refractivity contribution in [2.75, 3.05) is 44.8 Å². The topological polar surface area (TPSA) is 108 Å². The summed E-state index contributed by atoms with van der Waals surface area (Å²) in [5.74, 6) is 0.632. The molecule has 2 aromatic rings. The van der Waals surface area contributed by atoms with Crippen LogP contribution in [0.25, 0.3) is 11.2 Å². The first-order valence-electron chi connectivity index (χ1n) is 7.38. The van der Waals surface area contributed by atoms with Gasteiger partial charge in [0.2, 0.25) is 5.95 Å². The van der Waals surface area contributed by atoms with Crippen LogP contribution in [0.1, 0.15) is 6.42 Å². The summed E-state index contributed by atoms with van der Waals surface area (Å²) in [4.78, 5) is 35.9. The average molecular weight is 308 g/mol. The molecule has 22 heavy (non-hydrogen) atoms. The van der Waals surface area contributed by atoms with Gasteiger partial charge in [0.05, 0.1) is 0 Å². The highest BCUT2D eigenvalue weighted by Crippen LogP contribution is 2.14. The van der Waals surface area contributed by atoms with E-state index in [9.17, 15) is 9.59 Å². The number of hydrogen-bond acceptors (Lipinski definition) is 6. The molecule has 0 amide bonds. The summed E-state index contributed by atoms with van der Waals surface area (Å²) < 4.78 is 6.49. The van der Waals surface area contributed by atoms with Crippen molar-refractivity contribution in [2.24, 2.45) is 0 Å². The molecule has 0 bridgehead atoms. The maximum atomic E-state index is 12.0. The second kappa shape index (κ2) is 6.32. The highest BCUT2D eigenvalue weighted by molar-refractivity contribution is 5.72. The lowest BCUT2D eigenvalue weighted by Crippen LogP contribution is -2.44. The standard InChI is InChI=1S/C13H20N6O3/c1-22-8-2-5-19-10-9(11(20)17-13(19)21)15-12(16-10)18-6-3-14-4-7-18/h14H,2-8H2,1H3,(H,15,16)(H,17,20,21). The van der Waals surface area contributed by atoms with Crippen LogP contribution in [0.4, 0.5) is 5.95 Å². The van der Waals surface area contributed by atoms with Gasteiger partial charge in [-0.3, -0.25) is 14.3 Å². The number of aromatic nitrogens is 4. The van der Waals surface area contributed by atoms with Crippen LogP contribution in [0.3, 0.4) is 0 Å². The number of nitrogens with zero attached hydrogens (tertiary/aromatic N) is 3. The van der Waals surface area contributed by atoms with E-state index < -0.39 is 11.2 Å². The van der Waals surface area contributed by atoms with E-state index >= 15 is 0 Å². The number of aryl methyl sites for hydroxylation is 1. The highest BCUT2D eigenvalue weighted by Gasteiger charge is 2.18. The van der Waals surface area contributed by atoms with Crippen molar-refractivity contribution in [1.82, 2.24) is 24.8 Å². The van der Waals surface area contributed by atoms with Crippen LogP contribution in [0.15, 0.2) is 9.59 Å². The number of methoxy groups -OCH3 is 1. The first kappa shape index (κ1) is 14.8. The zero-order chi connectivity index (χ0) is 15.5. The Balaban J connectivity index is 2.01. The number of H-pyrrole nitrogens is 2. The molecular formula is C13H20N6O3. The largest absolute Gasteiger partial charge is 0.385 e. The van der Waals surface area contributed by atoms with Crippen LogP contribution in [-0.2, 0) is 11.3 Å². The summed E-state index contributed by atoms with van der Waals surface area (Å²) in [6.45, 7) is 4.35. The summed E-state index contributed by atoms with van der Waals surface area (Å²) in [6.07, 6.45) is 0.674. The molecule has 9 heteroatoms. The Morgan fingerprint density at radius 3 is 2.73 bits per heavy atom. The maximum absolute atomic E-state index is 12.0. The number of fused-ring (bicyclic) bond motifs is 1. The molecule has 1 fully saturated rings. The number of ether oxygens (including phenoxy) is 1. The zero-order valence-corrected chi connectivity index (χ0v) is 12.5. The molecule has 9 nitrogen and oxygen atoms in total. The van der Waals surface area contributed by atoms with Crippen molar-refractivity contribution in [1.29, 1.82) is 0 Å². The van der Waals surface area contributed by atoms with Gasteiger partial charge in [0, 0.05) is 46.4 Å². The van der Waals surface area contributed by atoms with Crippen LogP contribution >= 0.6 is 0 Å². The fourth-order valence-corrected chi connectivity index (χ4v) is 2.63. The van der Waals surface area contributed by atoms with Crippen LogP contribution in [0.5, 0.6) is 0 Å². The Bertz CT molecular complexity index is 755. The molecule has 3 rings (SSSR count). The van der Waals surface area contributed by atoms with Gasteiger partial charge in [-0.1, -0.05) is 0 Å². The highest BCUT2D eigenvalue weighted by atomic mass is 16.5. The van der Waals surface area contributed by atoms with Crippen molar-refractivity contribution < 1.29 is 4.74 Å². The normalized spacial score (nSPS) is 15.6. The molecule has 3 N–H and O–H groups in total. The molecule has 3 heterocycles. The molecule has 1 saturated heterocycles. The number of rotatable bonds is 5. The molecule has 0 radical (unpaired) electrons. The number of aromatic amines is 2. The van der Waals surface area contributed by atoms with Gasteiger partial charge in [-0.15, -0.1) is 0 Å². The van der Waals surface area contributed by atoms with Crippen LogP contribution in [0, 0.1) is 0 Å². The molecule has 0 spiro atoms. The fraction of sp³-hybridized carbons (Fsp3) is 0.615. The maximum Gasteiger partial charge on any atom is 0.330 e. The summed E-state index contributed by atoms with van der Waals surface area (Å²) in [5.41, 5.74) is -0.132. The minimum absolute atomic E-state index is 0.338. The van der Waals surface area contributed by atoms with Gasteiger partial charge in [0.15, 0.2) is 11.2 Å². The number of anilines is 1. The molecule has 0 aliphatic carbocycles. The van der Waals surface area contributed by atoms with Gasteiger partial charge in [-0.05, 0) is 6.42 Å². The zero-order valence-electron chi connectivity index (χ0n) is 12.5. The van der Waals surface area contributed by atoms with Crippen LogP contribution < -0.4 is 21.5 Å². The van der Waals surface area contributed by atoms with Gasteiger partial charge in [0.25, 0.3) is 5.56 Å². The molecule has 0 aromatic carbocycles. The van der Waals surface area contributed by atoms with Gasteiger partial charge in [-0.2, -0.15) is 4.98 Å². The van der Waals surface area contributed by atoms with Crippen molar-refractivity contribution in [2.45, 2.75) is 13.0 Å². The van der Waals surface area contributed by atoms with Gasteiger partial charge < -0.3 is 19.9 Å². The quantitative estimate of drug-likeness (QED) is 0.603. The van der Waals surface area contributed by atoms with Crippen LogP contribution in [-0.4, -0.2) is 59.4 Å². The Morgan fingerprint density at radius 2 is 2.00 bits per heavy atom. The predicted octanol–water partition coefficient (Wildman–Crippen LogP) is -1.14. The van der Waals surface area contributed by atoms with Crippen molar-refractivity contribution in [3.05, 3.63) is 20.8 Å². The lowest BCUT2D eigenvalue weighted by molar-refractivity contribution is 0.190.